The van der Waals surface area contributed by atoms with Gasteiger partial charge in [-0.05, 0) is 37.1 Å². The molecule has 2 saturated heterocycles. The van der Waals surface area contributed by atoms with Gasteiger partial charge in [0.05, 0.1) is 12.2 Å². The molecule has 4 rings (SSSR count). The monoisotopic (exact) mass is 351 g/mol. The van der Waals surface area contributed by atoms with E-state index in [1.165, 1.54) is 0 Å². The average molecular weight is 351 g/mol. The van der Waals surface area contributed by atoms with E-state index in [-0.39, 0.29) is 11.9 Å². The summed E-state index contributed by atoms with van der Waals surface area (Å²) in [6, 6.07) is 13.5. The van der Waals surface area contributed by atoms with Crippen LogP contribution in [0.4, 0.5) is 11.5 Å². The molecule has 0 saturated carbocycles. The molecule has 26 heavy (non-hydrogen) atoms. The Morgan fingerprint density at radius 1 is 1.19 bits per heavy atom. The first-order valence-electron chi connectivity index (χ1n) is 8.86. The number of likely N-dealkylation sites (tertiary alicyclic amines) is 1. The van der Waals surface area contributed by atoms with Crippen molar-refractivity contribution in [2.24, 2.45) is 0 Å². The molecule has 1 atom stereocenters. The molecule has 1 spiro atoms. The molecule has 2 aliphatic rings. The van der Waals surface area contributed by atoms with Crippen molar-refractivity contribution in [3.63, 3.8) is 0 Å². The molecule has 1 aromatic heterocycles. The molecule has 6 nitrogen and oxygen atoms in total. The van der Waals surface area contributed by atoms with Crippen molar-refractivity contribution in [1.82, 2.24) is 9.88 Å². The Morgan fingerprint density at radius 2 is 2.00 bits per heavy atom. The van der Waals surface area contributed by atoms with Crippen molar-refractivity contribution in [2.45, 2.75) is 24.8 Å². The van der Waals surface area contributed by atoms with Gasteiger partial charge in [-0.25, -0.2) is 9.78 Å². The van der Waals surface area contributed by atoms with Crippen LogP contribution in [-0.2, 0) is 9.53 Å². The lowest BCUT2D eigenvalue weighted by molar-refractivity contribution is -0.145. The number of para-hydroxylation sites is 1. The third-order valence-electron chi connectivity index (χ3n) is 5.34. The molecule has 0 aliphatic carbocycles. The fraction of sp³-hybridized carbons (Fsp3) is 0.350. The maximum atomic E-state index is 13.0. The first-order chi connectivity index (χ1) is 12.6. The van der Waals surface area contributed by atoms with Crippen LogP contribution in [0.15, 0.2) is 48.7 Å². The van der Waals surface area contributed by atoms with Gasteiger partial charge in [0.25, 0.3) is 5.91 Å². The number of anilines is 2. The molecule has 0 radical (unpaired) electrons. The van der Waals surface area contributed by atoms with Crippen molar-refractivity contribution in [2.75, 3.05) is 25.1 Å². The molecule has 1 unspecified atom stereocenters. The van der Waals surface area contributed by atoms with Crippen LogP contribution in [0.2, 0.25) is 0 Å². The Morgan fingerprint density at radius 3 is 2.65 bits per heavy atom. The molecule has 0 N–H and O–H groups in total. The number of hydrogen-bond acceptors (Lipinski definition) is 5. The molecular weight excluding hydrogens is 330 g/mol. The number of carbonyl (C=O) groups excluding carboxylic acids is 2. The highest BCUT2D eigenvalue weighted by atomic mass is 16.5. The van der Waals surface area contributed by atoms with Crippen molar-refractivity contribution in [1.29, 1.82) is 0 Å². The molecule has 134 valence electrons. The smallest absolute Gasteiger partial charge is 0.332 e. The van der Waals surface area contributed by atoms with Crippen molar-refractivity contribution in [3.05, 3.63) is 54.2 Å². The highest BCUT2D eigenvalue weighted by Gasteiger charge is 2.53. The zero-order chi connectivity index (χ0) is 18.1. The molecule has 2 aliphatic heterocycles. The first-order valence-corrected chi connectivity index (χ1v) is 8.86. The van der Waals surface area contributed by atoms with Gasteiger partial charge in [-0.2, -0.15) is 0 Å². The molecule has 2 aromatic rings. The van der Waals surface area contributed by atoms with Gasteiger partial charge in [0.15, 0.2) is 0 Å². The lowest BCUT2D eigenvalue weighted by Crippen LogP contribution is -2.50. The Bertz CT molecular complexity index is 818. The Kier molecular flexibility index (Phi) is 4.11. The minimum atomic E-state index is -0.767. The molecule has 2 fully saturated rings. The number of amides is 1. The van der Waals surface area contributed by atoms with Crippen molar-refractivity contribution in [3.8, 4) is 0 Å². The van der Waals surface area contributed by atoms with Crippen LogP contribution in [0.1, 0.15) is 29.6 Å². The number of carbonyl (C=O) groups is 2. The van der Waals surface area contributed by atoms with Gasteiger partial charge in [-0.1, -0.05) is 18.2 Å². The van der Waals surface area contributed by atoms with Crippen LogP contribution >= 0.6 is 0 Å². The largest absolute Gasteiger partial charge is 0.464 e. The minimum absolute atomic E-state index is 0.150. The van der Waals surface area contributed by atoms with E-state index in [0.717, 1.165) is 17.9 Å². The van der Waals surface area contributed by atoms with E-state index in [9.17, 15) is 9.59 Å². The third kappa shape index (κ3) is 2.62. The van der Waals surface area contributed by atoms with E-state index in [1.807, 2.05) is 48.3 Å². The topological polar surface area (TPSA) is 62.7 Å². The van der Waals surface area contributed by atoms with E-state index in [2.05, 4.69) is 4.98 Å². The normalized spacial score (nSPS) is 21.9. The lowest BCUT2D eigenvalue weighted by Gasteiger charge is -2.31. The minimum Gasteiger partial charge on any atom is -0.464 e. The lowest BCUT2D eigenvalue weighted by atomic mass is 9.94. The second kappa shape index (κ2) is 6.44. The van der Waals surface area contributed by atoms with Gasteiger partial charge in [-0.15, -0.1) is 0 Å². The Labute approximate surface area is 152 Å². The number of hydrogen-bond donors (Lipinski definition) is 0. The predicted octanol–water partition coefficient (Wildman–Crippen LogP) is 2.77. The molecule has 1 amide bonds. The number of rotatable bonds is 3. The summed E-state index contributed by atoms with van der Waals surface area (Å²) < 4.78 is 5.15. The Balaban J connectivity index is 1.55. The first kappa shape index (κ1) is 16.6. The zero-order valence-electron chi connectivity index (χ0n) is 14.7. The van der Waals surface area contributed by atoms with Crippen LogP contribution in [0.3, 0.4) is 0 Å². The number of aromatic nitrogens is 1. The van der Waals surface area contributed by atoms with Gasteiger partial charge in [0.1, 0.15) is 11.4 Å². The van der Waals surface area contributed by atoms with Crippen LogP contribution in [-0.4, -0.2) is 47.5 Å². The van der Waals surface area contributed by atoms with E-state index in [0.29, 0.717) is 31.6 Å². The number of pyridine rings is 1. The molecule has 1 aromatic carbocycles. The number of benzene rings is 1. The standard InChI is InChI=1S/C20H21N3O3/c1-22(16-6-3-2-4-7-16)17-9-8-15(14-21-17)18(24)23-12-5-10-20(23)11-13-26-19(20)25/h2-4,6-9,14H,5,10-13H2,1H3. The molecule has 6 heteroatoms. The van der Waals surface area contributed by atoms with Crippen LogP contribution in [0.5, 0.6) is 0 Å². The third-order valence-corrected chi connectivity index (χ3v) is 5.34. The summed E-state index contributed by atoms with van der Waals surface area (Å²) in [4.78, 5) is 33.3. The summed E-state index contributed by atoms with van der Waals surface area (Å²) in [6.45, 7) is 0.973. The molecular formula is C20H21N3O3. The van der Waals surface area contributed by atoms with Gasteiger partial charge >= 0.3 is 5.97 Å². The second-order valence-corrected chi connectivity index (χ2v) is 6.78. The van der Waals surface area contributed by atoms with Gasteiger partial charge in [0.2, 0.25) is 0 Å². The number of cyclic esters (lactones) is 1. The van der Waals surface area contributed by atoms with Gasteiger partial charge in [0, 0.05) is 31.9 Å². The number of esters is 1. The van der Waals surface area contributed by atoms with E-state index >= 15 is 0 Å². The summed E-state index contributed by atoms with van der Waals surface area (Å²) in [5.74, 6) is 0.337. The molecule has 3 heterocycles. The summed E-state index contributed by atoms with van der Waals surface area (Å²) in [5, 5.41) is 0. The summed E-state index contributed by atoms with van der Waals surface area (Å²) in [6.07, 6.45) is 3.67. The van der Waals surface area contributed by atoms with Gasteiger partial charge < -0.3 is 14.5 Å². The van der Waals surface area contributed by atoms with Crippen LogP contribution in [0.25, 0.3) is 0 Å². The maximum absolute atomic E-state index is 13.0. The van der Waals surface area contributed by atoms with E-state index in [1.54, 1.807) is 17.2 Å². The SMILES string of the molecule is CN(c1ccccc1)c1ccc(C(=O)N2CCCC23CCOC3=O)cn1. The average Bonchev–Trinajstić information content (AvgIpc) is 3.28. The fourth-order valence-corrected chi connectivity index (χ4v) is 3.85. The zero-order valence-corrected chi connectivity index (χ0v) is 14.7. The summed E-state index contributed by atoms with van der Waals surface area (Å²) in [5.41, 5.74) is 0.749. The second-order valence-electron chi connectivity index (χ2n) is 6.78. The Hall–Kier alpha value is -2.89. The van der Waals surface area contributed by atoms with E-state index < -0.39 is 5.54 Å². The number of nitrogens with zero attached hydrogens (tertiary/aromatic N) is 3. The fourth-order valence-electron chi connectivity index (χ4n) is 3.85. The van der Waals surface area contributed by atoms with Crippen molar-refractivity contribution < 1.29 is 14.3 Å². The van der Waals surface area contributed by atoms with Crippen molar-refractivity contribution >= 4 is 23.4 Å². The summed E-state index contributed by atoms with van der Waals surface area (Å²) >= 11 is 0. The van der Waals surface area contributed by atoms with E-state index in [4.69, 9.17) is 4.74 Å². The summed E-state index contributed by atoms with van der Waals surface area (Å²) in [7, 11) is 1.93. The van der Waals surface area contributed by atoms with Crippen LogP contribution in [0, 0.1) is 0 Å². The number of ether oxygens (including phenoxy) is 1. The highest BCUT2D eigenvalue weighted by molar-refractivity contribution is 5.99. The maximum Gasteiger partial charge on any atom is 0.332 e. The predicted molar refractivity (Wildman–Crippen MR) is 97.3 cm³/mol. The quantitative estimate of drug-likeness (QED) is 0.796. The molecule has 0 bridgehead atoms. The van der Waals surface area contributed by atoms with Gasteiger partial charge in [-0.3, -0.25) is 4.79 Å². The van der Waals surface area contributed by atoms with Crippen LogP contribution < -0.4 is 4.90 Å². The highest BCUT2D eigenvalue weighted by Crippen LogP contribution is 2.38.